The van der Waals surface area contributed by atoms with Gasteiger partial charge in [-0.15, -0.1) is 0 Å². The van der Waals surface area contributed by atoms with E-state index in [2.05, 4.69) is 23.3 Å². The normalized spacial score (nSPS) is 23.1. The van der Waals surface area contributed by atoms with Crippen molar-refractivity contribution >= 4 is 23.3 Å². The van der Waals surface area contributed by atoms with E-state index in [1.54, 1.807) is 31.3 Å². The summed E-state index contributed by atoms with van der Waals surface area (Å²) in [5.74, 6) is 0.348. The van der Waals surface area contributed by atoms with Crippen molar-refractivity contribution in [1.29, 1.82) is 5.26 Å². The summed E-state index contributed by atoms with van der Waals surface area (Å²) < 4.78 is 0. The minimum Gasteiger partial charge on any atom is -0.365 e. The molecule has 0 radical (unpaired) electrons. The van der Waals surface area contributed by atoms with E-state index >= 15 is 0 Å². The van der Waals surface area contributed by atoms with E-state index in [9.17, 15) is 14.9 Å². The van der Waals surface area contributed by atoms with Crippen molar-refractivity contribution in [3.05, 3.63) is 53.2 Å². The van der Waals surface area contributed by atoms with Crippen LogP contribution in [0.4, 0.5) is 11.5 Å². The van der Waals surface area contributed by atoms with Crippen molar-refractivity contribution in [3.8, 4) is 6.07 Å². The lowest BCUT2D eigenvalue weighted by molar-refractivity contribution is -0.117. The average Bonchev–Trinajstić information content (AvgIpc) is 3.54. The molecule has 1 aromatic heterocycles. The summed E-state index contributed by atoms with van der Waals surface area (Å²) in [6.07, 6.45) is 3.79. The molecule has 3 atom stereocenters. The number of nitriles is 1. The number of rotatable bonds is 4. The van der Waals surface area contributed by atoms with Gasteiger partial charge >= 0.3 is 0 Å². The highest BCUT2D eigenvalue weighted by atomic mass is 16.2. The Balaban J connectivity index is 1.85. The number of amides is 2. The molecule has 1 saturated carbocycles. The van der Waals surface area contributed by atoms with Crippen molar-refractivity contribution in [1.82, 2.24) is 4.98 Å². The van der Waals surface area contributed by atoms with Gasteiger partial charge in [-0.25, -0.2) is 4.98 Å². The molecule has 1 aromatic carbocycles. The van der Waals surface area contributed by atoms with Gasteiger partial charge in [0.25, 0.3) is 5.91 Å². The lowest BCUT2D eigenvalue weighted by Gasteiger charge is -2.46. The summed E-state index contributed by atoms with van der Waals surface area (Å²) in [5, 5.41) is 12.8. The van der Waals surface area contributed by atoms with Gasteiger partial charge < -0.3 is 16.0 Å². The fourth-order valence-electron chi connectivity index (χ4n) is 4.50. The highest BCUT2D eigenvalue weighted by Gasteiger charge is 2.47. The van der Waals surface area contributed by atoms with Crippen molar-refractivity contribution < 1.29 is 9.59 Å². The predicted molar refractivity (Wildman–Crippen MR) is 109 cm³/mol. The number of anilines is 2. The number of carbonyl (C=O) groups is 2. The van der Waals surface area contributed by atoms with Gasteiger partial charge in [0, 0.05) is 30.8 Å². The molecule has 148 valence electrons. The standard InChI is InChI=1S/C22H23N5O2/c1-12-19(26-22-16(21(24)29)4-3-9-25-22)17-10-14(11-23)5-8-18(17)27(13(2)28)20(12)15-6-7-15/h3-5,8-10,12,15,19-20H,6-7H2,1-2H3,(H2,24,29)(H,25,26)/t12-,19-,20-/m1/s1. The van der Waals surface area contributed by atoms with Crippen LogP contribution in [-0.4, -0.2) is 22.8 Å². The zero-order chi connectivity index (χ0) is 20.7. The average molecular weight is 389 g/mol. The van der Waals surface area contributed by atoms with Gasteiger partial charge in [0.2, 0.25) is 5.91 Å². The molecule has 1 aliphatic heterocycles. The van der Waals surface area contributed by atoms with Crippen LogP contribution in [0.3, 0.4) is 0 Å². The van der Waals surface area contributed by atoms with Crippen molar-refractivity contribution in [2.45, 2.75) is 38.8 Å². The number of pyridine rings is 1. The molecule has 7 heteroatoms. The largest absolute Gasteiger partial charge is 0.365 e. The maximum absolute atomic E-state index is 12.6. The molecule has 7 nitrogen and oxygen atoms in total. The quantitative estimate of drug-likeness (QED) is 0.835. The van der Waals surface area contributed by atoms with Crippen LogP contribution in [0.2, 0.25) is 0 Å². The zero-order valence-electron chi connectivity index (χ0n) is 16.4. The molecule has 29 heavy (non-hydrogen) atoms. The van der Waals surface area contributed by atoms with E-state index in [1.165, 1.54) is 0 Å². The van der Waals surface area contributed by atoms with E-state index in [0.717, 1.165) is 24.1 Å². The Hall–Kier alpha value is -3.40. The first kappa shape index (κ1) is 18.9. The van der Waals surface area contributed by atoms with Crippen molar-refractivity contribution in [3.63, 3.8) is 0 Å². The first-order valence-corrected chi connectivity index (χ1v) is 9.77. The van der Waals surface area contributed by atoms with Crippen LogP contribution in [-0.2, 0) is 4.79 Å². The van der Waals surface area contributed by atoms with Crippen LogP contribution in [0.15, 0.2) is 36.5 Å². The summed E-state index contributed by atoms with van der Waals surface area (Å²) in [4.78, 5) is 30.6. The fourth-order valence-corrected chi connectivity index (χ4v) is 4.50. The van der Waals surface area contributed by atoms with E-state index in [0.29, 0.717) is 22.9 Å². The van der Waals surface area contributed by atoms with Gasteiger partial charge in [0.05, 0.1) is 23.2 Å². The first-order chi connectivity index (χ1) is 13.9. The van der Waals surface area contributed by atoms with Crippen LogP contribution in [0.1, 0.15) is 54.2 Å². The van der Waals surface area contributed by atoms with Crippen molar-refractivity contribution in [2.75, 3.05) is 10.2 Å². The Labute approximate surface area is 169 Å². The summed E-state index contributed by atoms with van der Waals surface area (Å²) in [5.41, 5.74) is 8.02. The molecule has 1 fully saturated rings. The van der Waals surface area contributed by atoms with Gasteiger partial charge in [-0.1, -0.05) is 6.92 Å². The molecule has 0 spiro atoms. The summed E-state index contributed by atoms with van der Waals surface area (Å²) in [6.45, 7) is 3.69. The molecule has 0 unspecified atom stereocenters. The molecule has 0 bridgehead atoms. The number of nitrogens with one attached hydrogen (secondary N) is 1. The van der Waals surface area contributed by atoms with Crippen molar-refractivity contribution in [2.24, 2.45) is 17.6 Å². The Morgan fingerprint density at radius 2 is 2.07 bits per heavy atom. The summed E-state index contributed by atoms with van der Waals surface area (Å²) >= 11 is 0. The Kier molecular flexibility index (Phi) is 4.71. The molecule has 2 amide bonds. The number of nitrogens with two attached hydrogens (primary N) is 1. The van der Waals surface area contributed by atoms with Gasteiger partial charge in [-0.3, -0.25) is 9.59 Å². The lowest BCUT2D eigenvalue weighted by Crippen LogP contribution is -2.51. The number of carbonyl (C=O) groups excluding carboxylic acids is 2. The highest BCUT2D eigenvalue weighted by Crippen LogP contribution is 2.50. The van der Waals surface area contributed by atoms with Crippen LogP contribution < -0.4 is 16.0 Å². The van der Waals surface area contributed by atoms with Gasteiger partial charge in [0.1, 0.15) is 5.82 Å². The minimum absolute atomic E-state index is 0.00572. The Morgan fingerprint density at radius 1 is 1.31 bits per heavy atom. The second-order valence-corrected chi connectivity index (χ2v) is 7.85. The van der Waals surface area contributed by atoms with Gasteiger partial charge in [-0.05, 0) is 54.7 Å². The molecule has 1 aliphatic carbocycles. The Bertz CT molecular complexity index is 1020. The molecule has 0 saturated heterocycles. The number of hydrogen-bond donors (Lipinski definition) is 2. The number of hydrogen-bond acceptors (Lipinski definition) is 5. The maximum atomic E-state index is 12.6. The molecule has 2 aromatic rings. The molecular weight excluding hydrogens is 366 g/mol. The van der Waals surface area contributed by atoms with Gasteiger partial charge in [-0.2, -0.15) is 5.26 Å². The fraction of sp³-hybridized carbons (Fsp3) is 0.364. The van der Waals surface area contributed by atoms with Crippen LogP contribution in [0, 0.1) is 23.2 Å². The second-order valence-electron chi connectivity index (χ2n) is 7.85. The lowest BCUT2D eigenvalue weighted by atomic mass is 9.79. The number of fused-ring (bicyclic) bond motifs is 1. The molecule has 4 rings (SSSR count). The van der Waals surface area contributed by atoms with Crippen LogP contribution in [0.25, 0.3) is 0 Å². The number of aromatic nitrogens is 1. The van der Waals surface area contributed by atoms with E-state index in [4.69, 9.17) is 5.73 Å². The second kappa shape index (κ2) is 7.21. The third-order valence-corrected chi connectivity index (χ3v) is 5.92. The smallest absolute Gasteiger partial charge is 0.252 e. The molecule has 2 aliphatic rings. The zero-order valence-corrected chi connectivity index (χ0v) is 16.4. The van der Waals surface area contributed by atoms with Crippen LogP contribution in [0.5, 0.6) is 0 Å². The monoisotopic (exact) mass is 389 g/mol. The molecular formula is C22H23N5O2. The van der Waals surface area contributed by atoms with E-state index in [-0.39, 0.29) is 23.9 Å². The molecule has 3 N–H and O–H groups in total. The third kappa shape index (κ3) is 3.31. The first-order valence-electron chi connectivity index (χ1n) is 9.77. The van der Waals surface area contributed by atoms with Crippen LogP contribution >= 0.6 is 0 Å². The minimum atomic E-state index is -0.556. The maximum Gasteiger partial charge on any atom is 0.252 e. The number of nitrogens with zero attached hydrogens (tertiary/aromatic N) is 3. The van der Waals surface area contributed by atoms with Gasteiger partial charge in [0.15, 0.2) is 0 Å². The number of primary amides is 1. The van der Waals surface area contributed by atoms with E-state index < -0.39 is 5.91 Å². The number of benzene rings is 1. The topological polar surface area (TPSA) is 112 Å². The van der Waals surface area contributed by atoms with E-state index in [1.807, 2.05) is 17.0 Å². The predicted octanol–water partition coefficient (Wildman–Crippen LogP) is 2.99. The highest BCUT2D eigenvalue weighted by molar-refractivity contribution is 5.98. The summed E-state index contributed by atoms with van der Waals surface area (Å²) in [6, 6.07) is 10.7. The summed E-state index contributed by atoms with van der Waals surface area (Å²) in [7, 11) is 0. The SMILES string of the molecule is CC(=O)N1c2ccc(C#N)cc2[C@H](Nc2ncccc2C(N)=O)[C@@H](C)[C@@H]1C1CC1. The Morgan fingerprint density at radius 3 is 2.69 bits per heavy atom. The molecule has 2 heterocycles. The third-order valence-electron chi connectivity index (χ3n) is 5.92.